The SMILES string of the molecule is CCC(C)(C)NC(=O)[C@@H](c1cccc(OC)c1OC)N(C(=O)CCC(=O)Nc1cc(C)on1)C(C)(C)C. The van der Waals surface area contributed by atoms with Gasteiger partial charge in [0, 0.05) is 35.5 Å². The molecule has 0 saturated heterocycles. The van der Waals surface area contributed by atoms with Crippen molar-refractivity contribution >= 4 is 23.5 Å². The molecule has 0 aliphatic carbocycles. The fourth-order valence-electron chi connectivity index (χ4n) is 3.89. The average molecular weight is 517 g/mol. The van der Waals surface area contributed by atoms with E-state index >= 15 is 0 Å². The van der Waals surface area contributed by atoms with Gasteiger partial charge in [-0.25, -0.2) is 0 Å². The molecule has 2 N–H and O–H groups in total. The zero-order chi connectivity index (χ0) is 28.0. The van der Waals surface area contributed by atoms with E-state index in [-0.39, 0.29) is 36.4 Å². The Balaban J connectivity index is 2.47. The summed E-state index contributed by atoms with van der Waals surface area (Å²) in [5.74, 6) is 0.533. The van der Waals surface area contributed by atoms with Gasteiger partial charge in [0.2, 0.25) is 17.7 Å². The number of amides is 3. The third kappa shape index (κ3) is 7.71. The predicted molar refractivity (Wildman–Crippen MR) is 141 cm³/mol. The number of nitrogens with zero attached hydrogens (tertiary/aromatic N) is 2. The van der Waals surface area contributed by atoms with Crippen LogP contribution in [0.3, 0.4) is 0 Å². The maximum absolute atomic E-state index is 13.9. The Morgan fingerprint density at radius 1 is 1.08 bits per heavy atom. The van der Waals surface area contributed by atoms with Gasteiger partial charge in [-0.2, -0.15) is 0 Å². The van der Waals surface area contributed by atoms with Crippen LogP contribution in [0.5, 0.6) is 11.5 Å². The van der Waals surface area contributed by atoms with E-state index in [2.05, 4.69) is 15.8 Å². The number of aromatic nitrogens is 1. The number of anilines is 1. The molecule has 0 fully saturated rings. The molecule has 0 aliphatic heterocycles. The lowest BCUT2D eigenvalue weighted by Crippen LogP contribution is -2.55. The maximum Gasteiger partial charge on any atom is 0.248 e. The van der Waals surface area contributed by atoms with Crippen molar-refractivity contribution in [1.82, 2.24) is 15.4 Å². The van der Waals surface area contributed by atoms with Crippen molar-refractivity contribution in [3.8, 4) is 11.5 Å². The number of carbonyl (C=O) groups excluding carboxylic acids is 3. The lowest BCUT2D eigenvalue weighted by atomic mass is 9.93. The zero-order valence-electron chi connectivity index (χ0n) is 23.4. The molecule has 0 aliphatic rings. The molecule has 10 heteroatoms. The lowest BCUT2D eigenvalue weighted by Gasteiger charge is -2.42. The zero-order valence-corrected chi connectivity index (χ0v) is 23.4. The fraction of sp³-hybridized carbons (Fsp3) is 0.556. The highest BCUT2D eigenvalue weighted by molar-refractivity contribution is 5.94. The van der Waals surface area contributed by atoms with Gasteiger partial charge in [-0.05, 0) is 54.0 Å². The summed E-state index contributed by atoms with van der Waals surface area (Å²) in [4.78, 5) is 41.6. The van der Waals surface area contributed by atoms with Crippen LogP contribution >= 0.6 is 0 Å². The van der Waals surface area contributed by atoms with Gasteiger partial charge in [0.25, 0.3) is 0 Å². The summed E-state index contributed by atoms with van der Waals surface area (Å²) in [6.07, 6.45) is 0.473. The molecule has 37 heavy (non-hydrogen) atoms. The highest BCUT2D eigenvalue weighted by atomic mass is 16.5. The first-order valence-corrected chi connectivity index (χ1v) is 12.3. The van der Waals surface area contributed by atoms with Gasteiger partial charge >= 0.3 is 0 Å². The largest absolute Gasteiger partial charge is 0.493 e. The lowest BCUT2D eigenvalue weighted by molar-refractivity contribution is -0.148. The number of para-hydroxylation sites is 1. The Morgan fingerprint density at radius 3 is 2.27 bits per heavy atom. The van der Waals surface area contributed by atoms with Crippen LogP contribution in [0.4, 0.5) is 5.82 Å². The first-order valence-electron chi connectivity index (χ1n) is 12.3. The van der Waals surface area contributed by atoms with Gasteiger partial charge in [-0.15, -0.1) is 0 Å². The first-order chi connectivity index (χ1) is 17.2. The highest BCUT2D eigenvalue weighted by Crippen LogP contribution is 2.40. The molecule has 0 spiro atoms. The Bertz CT molecular complexity index is 1100. The second-order valence-electron chi connectivity index (χ2n) is 10.5. The van der Waals surface area contributed by atoms with Crippen LogP contribution in [0.2, 0.25) is 0 Å². The molecule has 1 aromatic heterocycles. The summed E-state index contributed by atoms with van der Waals surface area (Å²) >= 11 is 0. The van der Waals surface area contributed by atoms with E-state index in [1.807, 2.05) is 41.5 Å². The molecule has 204 valence electrons. The molecule has 1 heterocycles. The molecule has 0 saturated carbocycles. The highest BCUT2D eigenvalue weighted by Gasteiger charge is 2.41. The smallest absolute Gasteiger partial charge is 0.248 e. The van der Waals surface area contributed by atoms with Crippen LogP contribution in [0.25, 0.3) is 0 Å². The fourth-order valence-corrected chi connectivity index (χ4v) is 3.89. The monoisotopic (exact) mass is 516 g/mol. The van der Waals surface area contributed by atoms with E-state index in [1.54, 1.807) is 31.2 Å². The van der Waals surface area contributed by atoms with E-state index in [0.29, 0.717) is 29.2 Å². The molecule has 10 nitrogen and oxygen atoms in total. The van der Waals surface area contributed by atoms with Crippen LogP contribution in [-0.4, -0.2) is 53.1 Å². The molecule has 3 amide bonds. The van der Waals surface area contributed by atoms with Crippen LogP contribution in [0.1, 0.15) is 78.2 Å². The number of aryl methyl sites for hydroxylation is 1. The molecular formula is C27H40N4O6. The van der Waals surface area contributed by atoms with Gasteiger partial charge < -0.3 is 29.5 Å². The Labute approximate surface area is 219 Å². The minimum atomic E-state index is -1.04. The first kappa shape index (κ1) is 29.7. The van der Waals surface area contributed by atoms with Crippen molar-refractivity contribution in [3.05, 3.63) is 35.6 Å². The van der Waals surface area contributed by atoms with Crippen molar-refractivity contribution in [1.29, 1.82) is 0 Å². The molecule has 0 radical (unpaired) electrons. The van der Waals surface area contributed by atoms with Crippen LogP contribution < -0.4 is 20.1 Å². The normalized spacial score (nSPS) is 12.5. The third-order valence-electron chi connectivity index (χ3n) is 6.03. The second kappa shape index (κ2) is 12.1. The summed E-state index contributed by atoms with van der Waals surface area (Å²) in [7, 11) is 3.00. The molecular weight excluding hydrogens is 476 g/mol. The summed E-state index contributed by atoms with van der Waals surface area (Å²) < 4.78 is 16.1. The summed E-state index contributed by atoms with van der Waals surface area (Å²) in [6.45, 7) is 13.1. The van der Waals surface area contributed by atoms with Gasteiger partial charge in [0.15, 0.2) is 17.3 Å². The van der Waals surface area contributed by atoms with E-state index in [9.17, 15) is 14.4 Å². The maximum atomic E-state index is 13.9. The Hall–Kier alpha value is -3.56. The van der Waals surface area contributed by atoms with Crippen molar-refractivity contribution in [2.24, 2.45) is 0 Å². The molecule has 2 rings (SSSR count). The summed E-state index contributed by atoms with van der Waals surface area (Å²) in [5.41, 5.74) is -0.801. The quantitative estimate of drug-likeness (QED) is 0.454. The number of hydrogen-bond acceptors (Lipinski definition) is 7. The number of ether oxygens (including phenoxy) is 2. The minimum Gasteiger partial charge on any atom is -0.493 e. The topological polar surface area (TPSA) is 123 Å². The number of rotatable bonds is 11. The van der Waals surface area contributed by atoms with Crippen molar-refractivity contribution in [2.75, 3.05) is 19.5 Å². The van der Waals surface area contributed by atoms with Crippen LogP contribution in [-0.2, 0) is 14.4 Å². The van der Waals surface area contributed by atoms with Crippen molar-refractivity contribution in [3.63, 3.8) is 0 Å². The molecule has 1 aromatic carbocycles. The summed E-state index contributed by atoms with van der Waals surface area (Å²) in [6, 6.07) is 5.78. The van der Waals surface area contributed by atoms with E-state index in [4.69, 9.17) is 14.0 Å². The van der Waals surface area contributed by atoms with Crippen molar-refractivity contribution < 1.29 is 28.4 Å². The third-order valence-corrected chi connectivity index (χ3v) is 6.03. The predicted octanol–water partition coefficient (Wildman–Crippen LogP) is 4.39. The molecule has 1 atom stereocenters. The van der Waals surface area contributed by atoms with Gasteiger partial charge in [0.1, 0.15) is 11.8 Å². The second-order valence-corrected chi connectivity index (χ2v) is 10.5. The minimum absolute atomic E-state index is 0.0959. The van der Waals surface area contributed by atoms with Gasteiger partial charge in [-0.1, -0.05) is 24.2 Å². The van der Waals surface area contributed by atoms with E-state index < -0.39 is 17.1 Å². The summed E-state index contributed by atoms with van der Waals surface area (Å²) in [5, 5.41) is 9.44. The van der Waals surface area contributed by atoms with E-state index in [1.165, 1.54) is 19.1 Å². The number of carbonyl (C=O) groups is 3. The van der Waals surface area contributed by atoms with Crippen LogP contribution in [0, 0.1) is 6.92 Å². The molecule has 0 unspecified atom stereocenters. The number of hydrogen-bond donors (Lipinski definition) is 2. The van der Waals surface area contributed by atoms with Crippen molar-refractivity contribution in [2.45, 2.75) is 84.8 Å². The van der Waals surface area contributed by atoms with Crippen LogP contribution in [0.15, 0.2) is 28.8 Å². The number of nitrogens with one attached hydrogen (secondary N) is 2. The average Bonchev–Trinajstić information content (AvgIpc) is 3.23. The molecule has 2 aromatic rings. The standard InChI is InChI=1S/C27H40N4O6/c1-10-27(6,7)29-25(34)23(18-12-11-13-19(35-8)24(18)36-9)31(26(3,4)5)22(33)15-14-21(32)28-20-16-17(2)37-30-20/h11-13,16,23H,10,14-15H2,1-9H3,(H,29,34)(H,28,30,32)/t23-/m1/s1. The van der Waals surface area contributed by atoms with E-state index in [0.717, 1.165) is 0 Å². The molecule has 0 bridgehead atoms. The van der Waals surface area contributed by atoms with Gasteiger partial charge in [0.05, 0.1) is 14.2 Å². The Morgan fingerprint density at radius 2 is 1.76 bits per heavy atom. The number of methoxy groups -OCH3 is 2. The number of benzene rings is 1. The van der Waals surface area contributed by atoms with Gasteiger partial charge in [-0.3, -0.25) is 14.4 Å². The Kier molecular flexibility index (Phi) is 9.72.